The van der Waals surface area contributed by atoms with Crippen molar-refractivity contribution in [1.29, 1.82) is 5.26 Å². The Morgan fingerprint density at radius 3 is 2.71 bits per heavy atom. The lowest BCUT2D eigenvalue weighted by atomic mass is 9.97. The highest BCUT2D eigenvalue weighted by Crippen LogP contribution is 2.34. The van der Waals surface area contributed by atoms with E-state index >= 15 is 0 Å². The van der Waals surface area contributed by atoms with Crippen molar-refractivity contribution in [2.45, 2.75) is 25.9 Å². The van der Waals surface area contributed by atoms with Crippen LogP contribution in [0.4, 0.5) is 5.69 Å². The molecule has 0 saturated heterocycles. The fourth-order valence-corrected chi connectivity index (χ4v) is 3.98. The molecule has 2 aliphatic heterocycles. The van der Waals surface area contributed by atoms with Gasteiger partial charge in [-0.05, 0) is 41.8 Å². The van der Waals surface area contributed by atoms with Crippen molar-refractivity contribution in [3.05, 3.63) is 94.3 Å². The highest BCUT2D eigenvalue weighted by molar-refractivity contribution is 6.41. The van der Waals surface area contributed by atoms with Gasteiger partial charge in [0.1, 0.15) is 17.5 Å². The number of benzene rings is 2. The summed E-state index contributed by atoms with van der Waals surface area (Å²) in [5.41, 5.74) is 7.67. The first kappa shape index (κ1) is 18.9. The van der Waals surface area contributed by atoms with Gasteiger partial charge in [-0.2, -0.15) is 5.26 Å². The van der Waals surface area contributed by atoms with Crippen LogP contribution in [0.15, 0.2) is 70.8 Å². The highest BCUT2D eigenvalue weighted by atomic mass is 16.2. The number of aromatic nitrogens is 1. The van der Waals surface area contributed by atoms with E-state index in [9.17, 15) is 4.79 Å². The smallest absolute Gasteiger partial charge is 0.266 e. The van der Waals surface area contributed by atoms with Crippen molar-refractivity contribution in [2.24, 2.45) is 9.98 Å². The molecule has 0 unspecified atom stereocenters. The maximum Gasteiger partial charge on any atom is 0.266 e. The van der Waals surface area contributed by atoms with Gasteiger partial charge in [0.15, 0.2) is 0 Å². The highest BCUT2D eigenvalue weighted by Gasteiger charge is 2.26. The van der Waals surface area contributed by atoms with Crippen molar-refractivity contribution >= 4 is 23.0 Å². The monoisotopic (exact) mass is 405 g/mol. The number of nitrogens with one attached hydrogen (secondary N) is 1. The summed E-state index contributed by atoms with van der Waals surface area (Å²) in [6, 6.07) is 19.5. The van der Waals surface area contributed by atoms with E-state index in [1.54, 1.807) is 12.3 Å². The first-order valence-corrected chi connectivity index (χ1v) is 10.1. The van der Waals surface area contributed by atoms with E-state index in [-0.39, 0.29) is 11.9 Å². The molecule has 0 fully saturated rings. The summed E-state index contributed by atoms with van der Waals surface area (Å²) in [6.45, 7) is 2.56. The molecule has 3 heterocycles. The molecular weight excluding hydrogens is 386 g/mol. The number of fused-ring (bicyclic) bond motifs is 2. The van der Waals surface area contributed by atoms with Gasteiger partial charge in [0.25, 0.3) is 5.91 Å². The average molecular weight is 405 g/mol. The van der Waals surface area contributed by atoms with Crippen molar-refractivity contribution in [3.63, 3.8) is 0 Å². The molecule has 2 aromatic carbocycles. The SMILES string of the molecule is C[C@@H](NC(=O)C1=Nc2cc3c(cc2C1)CN=C3c1ccc(C#N)nc1)c1ccccc1. The second-order valence-electron chi connectivity index (χ2n) is 7.69. The van der Waals surface area contributed by atoms with Crippen LogP contribution in [0.1, 0.15) is 46.5 Å². The predicted octanol–water partition coefficient (Wildman–Crippen LogP) is 3.81. The Morgan fingerprint density at radius 2 is 1.97 bits per heavy atom. The minimum atomic E-state index is -0.141. The molecular formula is C25H19N5O. The van der Waals surface area contributed by atoms with Gasteiger partial charge in [0.2, 0.25) is 0 Å². The number of hydrogen-bond donors (Lipinski definition) is 1. The molecule has 31 heavy (non-hydrogen) atoms. The zero-order valence-corrected chi connectivity index (χ0v) is 17.0. The summed E-state index contributed by atoms with van der Waals surface area (Å²) in [6.07, 6.45) is 2.19. The zero-order chi connectivity index (χ0) is 21.4. The molecule has 0 saturated carbocycles. The first-order chi connectivity index (χ1) is 15.1. The van der Waals surface area contributed by atoms with Crippen molar-refractivity contribution in [3.8, 4) is 6.07 Å². The Labute approximate surface area is 180 Å². The third-order valence-corrected chi connectivity index (χ3v) is 5.64. The molecule has 0 aliphatic carbocycles. The molecule has 1 amide bonds. The molecule has 3 aromatic rings. The molecule has 150 valence electrons. The molecule has 0 radical (unpaired) electrons. The van der Waals surface area contributed by atoms with Crippen LogP contribution in [0.3, 0.4) is 0 Å². The Balaban J connectivity index is 1.37. The van der Waals surface area contributed by atoms with E-state index in [4.69, 9.17) is 5.26 Å². The minimum absolute atomic E-state index is 0.0901. The molecule has 1 N–H and O–H groups in total. The third-order valence-electron chi connectivity index (χ3n) is 5.64. The van der Waals surface area contributed by atoms with E-state index < -0.39 is 0 Å². The second-order valence-corrected chi connectivity index (χ2v) is 7.69. The fraction of sp³-hybridized carbons (Fsp3) is 0.160. The Hall–Kier alpha value is -4.11. The number of aliphatic imine (C=N–C) groups is 2. The van der Waals surface area contributed by atoms with Gasteiger partial charge < -0.3 is 5.32 Å². The van der Waals surface area contributed by atoms with Crippen LogP contribution >= 0.6 is 0 Å². The van der Waals surface area contributed by atoms with E-state index in [0.29, 0.717) is 24.4 Å². The number of pyridine rings is 1. The van der Waals surface area contributed by atoms with Gasteiger partial charge in [-0.25, -0.2) is 9.98 Å². The van der Waals surface area contributed by atoms with Crippen molar-refractivity contribution in [1.82, 2.24) is 10.3 Å². The van der Waals surface area contributed by atoms with E-state index in [1.807, 2.05) is 55.5 Å². The summed E-state index contributed by atoms with van der Waals surface area (Å²) in [7, 11) is 0. The van der Waals surface area contributed by atoms with Gasteiger partial charge in [-0.1, -0.05) is 36.4 Å². The van der Waals surface area contributed by atoms with Gasteiger partial charge in [0.05, 0.1) is 24.0 Å². The van der Waals surface area contributed by atoms with E-state index in [0.717, 1.165) is 39.2 Å². The molecule has 0 bridgehead atoms. The molecule has 6 heteroatoms. The Bertz CT molecular complexity index is 1280. The van der Waals surface area contributed by atoms with Crippen LogP contribution < -0.4 is 5.32 Å². The second kappa shape index (κ2) is 7.62. The molecule has 0 spiro atoms. The van der Waals surface area contributed by atoms with E-state index in [1.165, 1.54) is 0 Å². The third kappa shape index (κ3) is 3.51. The summed E-state index contributed by atoms with van der Waals surface area (Å²) >= 11 is 0. The summed E-state index contributed by atoms with van der Waals surface area (Å²) in [4.78, 5) is 26.2. The zero-order valence-electron chi connectivity index (χ0n) is 17.0. The topological polar surface area (TPSA) is 90.5 Å². The summed E-state index contributed by atoms with van der Waals surface area (Å²) < 4.78 is 0. The minimum Gasteiger partial charge on any atom is -0.344 e. The van der Waals surface area contributed by atoms with E-state index in [2.05, 4.69) is 26.4 Å². The molecule has 2 aliphatic rings. The first-order valence-electron chi connectivity index (χ1n) is 10.1. The van der Waals surface area contributed by atoms with Gasteiger partial charge in [-0.15, -0.1) is 0 Å². The summed E-state index contributed by atoms with van der Waals surface area (Å²) in [5.74, 6) is -0.141. The maximum atomic E-state index is 12.8. The maximum absolute atomic E-state index is 12.8. The quantitative estimate of drug-likeness (QED) is 0.716. The molecule has 6 nitrogen and oxygen atoms in total. The lowest BCUT2D eigenvalue weighted by Gasteiger charge is -2.14. The number of hydrogen-bond acceptors (Lipinski definition) is 5. The number of nitriles is 1. The number of carbonyl (C=O) groups is 1. The van der Waals surface area contributed by atoms with Crippen LogP contribution in [0.2, 0.25) is 0 Å². The Kier molecular flexibility index (Phi) is 4.64. The lowest BCUT2D eigenvalue weighted by Crippen LogP contribution is -2.33. The van der Waals surface area contributed by atoms with Gasteiger partial charge in [0, 0.05) is 23.7 Å². The molecule has 1 atom stereocenters. The van der Waals surface area contributed by atoms with Crippen molar-refractivity contribution in [2.75, 3.05) is 0 Å². The standard InChI is InChI=1S/C25H19N5O/c1-15(16-5-3-2-4-6-16)29-25(31)23-10-18-9-19-14-28-24(21(19)11-22(18)30-23)17-7-8-20(12-26)27-13-17/h2-9,11,13,15H,10,14H2,1H3,(H,29,31)/t15-/m1/s1. The lowest BCUT2D eigenvalue weighted by molar-refractivity contribution is -0.115. The van der Waals surface area contributed by atoms with Gasteiger partial charge >= 0.3 is 0 Å². The fourth-order valence-electron chi connectivity index (χ4n) is 3.98. The number of nitrogens with zero attached hydrogens (tertiary/aromatic N) is 4. The predicted molar refractivity (Wildman–Crippen MR) is 119 cm³/mol. The molecule has 1 aromatic heterocycles. The number of amides is 1. The average Bonchev–Trinajstić information content (AvgIpc) is 3.41. The van der Waals surface area contributed by atoms with Crippen LogP contribution in [0, 0.1) is 11.3 Å². The number of rotatable bonds is 4. The molecule has 5 rings (SSSR count). The largest absolute Gasteiger partial charge is 0.344 e. The summed E-state index contributed by atoms with van der Waals surface area (Å²) in [5, 5.41) is 12.0. The van der Waals surface area contributed by atoms with Crippen LogP contribution in [0.5, 0.6) is 0 Å². The normalized spacial score (nSPS) is 14.7. The Morgan fingerprint density at radius 1 is 1.13 bits per heavy atom. The van der Waals surface area contributed by atoms with Gasteiger partial charge in [-0.3, -0.25) is 9.79 Å². The van der Waals surface area contributed by atoms with Crippen molar-refractivity contribution < 1.29 is 4.79 Å². The van der Waals surface area contributed by atoms with Crippen LogP contribution in [-0.4, -0.2) is 22.3 Å². The van der Waals surface area contributed by atoms with Crippen LogP contribution in [-0.2, 0) is 17.8 Å². The van der Waals surface area contributed by atoms with Crippen LogP contribution in [0.25, 0.3) is 0 Å². The number of carbonyl (C=O) groups excluding carboxylic acids is 1.